The van der Waals surface area contributed by atoms with Gasteiger partial charge < -0.3 is 19.9 Å². The summed E-state index contributed by atoms with van der Waals surface area (Å²) in [5.41, 5.74) is 5.15. The number of anilines is 2. The fraction of sp³-hybridized carbons (Fsp3) is 0.581. The van der Waals surface area contributed by atoms with Crippen LogP contribution in [0, 0.1) is 13.8 Å². The Hall–Kier alpha value is -4.00. The number of benzene rings is 1. The number of alkyl halides is 1. The zero-order chi connectivity index (χ0) is 30.2. The molecule has 3 N–H and O–H groups in total. The lowest BCUT2D eigenvalue weighted by Gasteiger charge is -2.40. The number of nitrogens with one attached hydrogen (secondary N) is 3. The van der Waals surface area contributed by atoms with E-state index in [-0.39, 0.29) is 17.5 Å². The van der Waals surface area contributed by atoms with Crippen LogP contribution in [-0.2, 0) is 17.8 Å². The molecule has 4 fully saturated rings. The van der Waals surface area contributed by atoms with Crippen molar-refractivity contribution in [3.8, 4) is 6.01 Å². The number of nitrogens with zero attached hydrogens (tertiary/aromatic N) is 6. The van der Waals surface area contributed by atoms with Crippen LogP contribution in [0.2, 0.25) is 0 Å². The molecule has 44 heavy (non-hydrogen) atoms. The van der Waals surface area contributed by atoms with Crippen molar-refractivity contribution in [2.45, 2.75) is 76.2 Å². The van der Waals surface area contributed by atoms with Gasteiger partial charge in [0.1, 0.15) is 24.1 Å². The molecule has 8 rings (SSSR count). The van der Waals surface area contributed by atoms with E-state index in [4.69, 9.17) is 14.7 Å². The first-order chi connectivity index (χ1) is 21.2. The van der Waals surface area contributed by atoms with E-state index in [9.17, 15) is 14.0 Å². The monoisotopic (exact) mass is 603 g/mol. The second-order valence-electron chi connectivity index (χ2n) is 13.3. The van der Waals surface area contributed by atoms with Gasteiger partial charge in [0.25, 0.3) is 5.91 Å². The number of rotatable bonds is 5. The molecule has 13 heteroatoms. The standard InChI is InChI=1S/C31H38FN9O3/c1-18-11-23-22(13-33-38-23)25(19(18)2)39-10-5-21-24(15-39)34-29(44-17-30-6-3-9-41(30)14-20(32)12-30)35-26(21)40-8-4-7-31(16-40)27(42)36-28(43)37-31/h11,13,20H,3-10,12,14-17H2,1-2H3,(H,33,38)(H2,36,37,42,43)/t20-,30+,31-/m1/s1. The molecule has 5 aliphatic heterocycles. The average Bonchev–Trinajstić information content (AvgIpc) is 3.75. The highest BCUT2D eigenvalue weighted by Crippen LogP contribution is 2.41. The Kier molecular flexibility index (Phi) is 6.27. The second kappa shape index (κ2) is 10.0. The molecule has 12 nitrogen and oxygen atoms in total. The number of H-pyrrole nitrogens is 1. The number of hydrogen-bond acceptors (Lipinski definition) is 9. The lowest BCUT2D eigenvalue weighted by molar-refractivity contribution is -0.124. The number of halogens is 1. The molecular formula is C31H38FN9O3. The number of imide groups is 1. The van der Waals surface area contributed by atoms with Gasteiger partial charge in [-0.15, -0.1) is 0 Å². The molecule has 3 atom stereocenters. The van der Waals surface area contributed by atoms with Crippen molar-refractivity contribution in [3.63, 3.8) is 0 Å². The van der Waals surface area contributed by atoms with Gasteiger partial charge in [-0.1, -0.05) is 0 Å². The Balaban J connectivity index is 1.16. The highest BCUT2D eigenvalue weighted by atomic mass is 19.1. The highest BCUT2D eigenvalue weighted by molar-refractivity contribution is 6.07. The maximum absolute atomic E-state index is 14.5. The maximum atomic E-state index is 14.5. The predicted molar refractivity (Wildman–Crippen MR) is 162 cm³/mol. The molecule has 7 heterocycles. The van der Waals surface area contributed by atoms with E-state index in [0.29, 0.717) is 52.0 Å². The number of aromatic nitrogens is 4. The van der Waals surface area contributed by atoms with Crippen molar-refractivity contribution in [1.29, 1.82) is 0 Å². The third-order valence-corrected chi connectivity index (χ3v) is 10.6. The van der Waals surface area contributed by atoms with Crippen molar-refractivity contribution in [3.05, 3.63) is 34.6 Å². The van der Waals surface area contributed by atoms with E-state index in [1.165, 1.54) is 11.1 Å². The zero-order valence-electron chi connectivity index (χ0n) is 25.2. The Morgan fingerprint density at radius 1 is 1.11 bits per heavy atom. The van der Waals surface area contributed by atoms with Gasteiger partial charge in [0.05, 0.1) is 41.7 Å². The summed E-state index contributed by atoms with van der Waals surface area (Å²) in [5, 5.41) is 13.8. The summed E-state index contributed by atoms with van der Waals surface area (Å²) < 4.78 is 20.9. The number of fused-ring (bicyclic) bond motifs is 3. The van der Waals surface area contributed by atoms with Crippen LogP contribution in [0.1, 0.15) is 54.5 Å². The molecule has 0 bridgehead atoms. The van der Waals surface area contributed by atoms with Crippen molar-refractivity contribution in [2.24, 2.45) is 0 Å². The zero-order valence-corrected chi connectivity index (χ0v) is 25.2. The average molecular weight is 604 g/mol. The number of aromatic amines is 1. The topological polar surface area (TPSA) is 132 Å². The summed E-state index contributed by atoms with van der Waals surface area (Å²) in [6.45, 7) is 8.29. The summed E-state index contributed by atoms with van der Waals surface area (Å²) >= 11 is 0. The molecule has 2 aromatic heterocycles. The van der Waals surface area contributed by atoms with Crippen molar-refractivity contribution in [2.75, 3.05) is 49.1 Å². The third kappa shape index (κ3) is 4.30. The Labute approximate surface area is 254 Å². The van der Waals surface area contributed by atoms with Crippen molar-refractivity contribution < 1.29 is 18.7 Å². The van der Waals surface area contributed by atoms with E-state index >= 15 is 0 Å². The molecular weight excluding hydrogens is 565 g/mol. The highest BCUT2D eigenvalue weighted by Gasteiger charge is 2.51. The predicted octanol–water partition coefficient (Wildman–Crippen LogP) is 2.67. The molecule has 0 unspecified atom stereocenters. The van der Waals surface area contributed by atoms with Gasteiger partial charge in [-0.05, 0) is 69.7 Å². The molecule has 0 radical (unpaired) electrons. The first-order valence-electron chi connectivity index (χ1n) is 15.7. The van der Waals surface area contributed by atoms with Crippen LogP contribution >= 0.6 is 0 Å². The maximum Gasteiger partial charge on any atom is 0.322 e. The van der Waals surface area contributed by atoms with Crippen LogP contribution in [0.4, 0.5) is 20.7 Å². The molecule has 0 saturated carbocycles. The molecule has 1 aromatic carbocycles. The van der Waals surface area contributed by atoms with E-state index in [0.717, 1.165) is 66.0 Å². The van der Waals surface area contributed by atoms with Crippen molar-refractivity contribution >= 4 is 34.3 Å². The fourth-order valence-corrected chi connectivity index (χ4v) is 8.32. The second-order valence-corrected chi connectivity index (χ2v) is 13.3. The van der Waals surface area contributed by atoms with Gasteiger partial charge in [-0.2, -0.15) is 15.1 Å². The van der Waals surface area contributed by atoms with Crippen LogP contribution in [0.15, 0.2) is 12.3 Å². The lowest BCUT2D eigenvalue weighted by atomic mass is 9.88. The number of urea groups is 1. The first kappa shape index (κ1) is 27.5. The lowest BCUT2D eigenvalue weighted by Crippen LogP contribution is -2.59. The summed E-state index contributed by atoms with van der Waals surface area (Å²) in [6, 6.07) is 1.95. The first-order valence-corrected chi connectivity index (χ1v) is 15.7. The largest absolute Gasteiger partial charge is 0.461 e. The number of ether oxygens (including phenoxy) is 1. The van der Waals surface area contributed by atoms with Gasteiger partial charge in [0, 0.05) is 37.0 Å². The minimum atomic E-state index is -0.982. The van der Waals surface area contributed by atoms with Crippen LogP contribution in [-0.4, -0.2) is 93.6 Å². The minimum absolute atomic E-state index is 0.276. The summed E-state index contributed by atoms with van der Waals surface area (Å²) in [5.74, 6) is 0.460. The van der Waals surface area contributed by atoms with Gasteiger partial charge >= 0.3 is 12.0 Å². The molecule has 1 spiro atoms. The number of amides is 3. The Morgan fingerprint density at radius 2 is 1.98 bits per heavy atom. The van der Waals surface area contributed by atoms with Crippen LogP contribution in [0.3, 0.4) is 0 Å². The summed E-state index contributed by atoms with van der Waals surface area (Å²) in [4.78, 5) is 41.7. The molecule has 4 saturated heterocycles. The van der Waals surface area contributed by atoms with Crippen molar-refractivity contribution in [1.82, 2.24) is 35.7 Å². The quantitative estimate of drug-likeness (QED) is 0.377. The molecule has 3 amide bonds. The molecule has 0 aliphatic carbocycles. The molecule has 5 aliphatic rings. The SMILES string of the molecule is Cc1cc2[nH]ncc2c(N2CCc3c(nc(OC[C@@]45CCCN4C[C@H](F)C5)nc3N3CCC[C@]4(C3)NC(=O)NC4=O)C2)c1C. The van der Waals surface area contributed by atoms with E-state index in [1.807, 2.05) is 6.20 Å². The third-order valence-electron chi connectivity index (χ3n) is 10.6. The summed E-state index contributed by atoms with van der Waals surface area (Å²) in [6.07, 6.45) is 5.44. The smallest absolute Gasteiger partial charge is 0.322 e. The van der Waals surface area contributed by atoms with E-state index < -0.39 is 17.7 Å². The number of carbonyl (C=O) groups is 2. The summed E-state index contributed by atoms with van der Waals surface area (Å²) in [7, 11) is 0. The van der Waals surface area contributed by atoms with Gasteiger partial charge in [0.2, 0.25) is 0 Å². The van der Waals surface area contributed by atoms with Crippen LogP contribution in [0.5, 0.6) is 6.01 Å². The number of carbonyl (C=O) groups excluding carboxylic acids is 2. The van der Waals surface area contributed by atoms with Crippen LogP contribution in [0.25, 0.3) is 10.9 Å². The van der Waals surface area contributed by atoms with Crippen LogP contribution < -0.4 is 25.2 Å². The van der Waals surface area contributed by atoms with Gasteiger partial charge in [-0.3, -0.25) is 20.1 Å². The van der Waals surface area contributed by atoms with E-state index in [1.54, 1.807) is 0 Å². The minimum Gasteiger partial charge on any atom is -0.461 e. The number of hydrogen-bond donors (Lipinski definition) is 3. The molecule has 232 valence electrons. The number of piperidine rings is 1. The Bertz CT molecular complexity index is 1680. The van der Waals surface area contributed by atoms with Gasteiger partial charge in [-0.25, -0.2) is 9.18 Å². The molecule has 3 aromatic rings. The fourth-order valence-electron chi connectivity index (χ4n) is 8.32. The number of aryl methyl sites for hydroxylation is 1. The van der Waals surface area contributed by atoms with E-state index in [2.05, 4.69) is 55.4 Å². The van der Waals surface area contributed by atoms with Gasteiger partial charge in [0.15, 0.2) is 0 Å². The Morgan fingerprint density at radius 3 is 2.82 bits per heavy atom. The normalized spacial score (nSPS) is 28.5.